The molecule has 0 aromatic carbocycles. The SMILES string of the molecule is COc1ccc(-c2noc(C3(N)CCOCC3)n2)cn1. The van der Waals surface area contributed by atoms with Crippen LogP contribution >= 0.6 is 0 Å². The van der Waals surface area contributed by atoms with Crippen LogP contribution in [0.1, 0.15) is 18.7 Å². The number of hydrogen-bond donors (Lipinski definition) is 1. The Morgan fingerprint density at radius 2 is 2.10 bits per heavy atom. The molecule has 3 heterocycles. The highest BCUT2D eigenvalue weighted by atomic mass is 16.5. The van der Waals surface area contributed by atoms with E-state index >= 15 is 0 Å². The van der Waals surface area contributed by atoms with E-state index in [-0.39, 0.29) is 0 Å². The van der Waals surface area contributed by atoms with Gasteiger partial charge in [-0.15, -0.1) is 0 Å². The molecule has 0 aliphatic carbocycles. The van der Waals surface area contributed by atoms with Crippen molar-refractivity contribution in [2.45, 2.75) is 18.4 Å². The van der Waals surface area contributed by atoms with Gasteiger partial charge in [0.25, 0.3) is 0 Å². The number of hydrogen-bond acceptors (Lipinski definition) is 7. The van der Waals surface area contributed by atoms with E-state index in [0.717, 1.165) is 5.56 Å². The summed E-state index contributed by atoms with van der Waals surface area (Å²) in [6.45, 7) is 1.22. The highest BCUT2D eigenvalue weighted by Gasteiger charge is 2.35. The lowest BCUT2D eigenvalue weighted by Gasteiger charge is -2.29. The molecule has 0 spiro atoms. The van der Waals surface area contributed by atoms with Crippen molar-refractivity contribution in [3.63, 3.8) is 0 Å². The summed E-state index contributed by atoms with van der Waals surface area (Å²) in [6.07, 6.45) is 2.99. The molecule has 2 N–H and O–H groups in total. The maximum atomic E-state index is 6.31. The minimum Gasteiger partial charge on any atom is -0.481 e. The number of pyridine rings is 1. The fourth-order valence-electron chi connectivity index (χ4n) is 2.13. The Morgan fingerprint density at radius 3 is 2.75 bits per heavy atom. The van der Waals surface area contributed by atoms with Crippen molar-refractivity contribution in [1.82, 2.24) is 15.1 Å². The fourth-order valence-corrected chi connectivity index (χ4v) is 2.13. The van der Waals surface area contributed by atoms with Gasteiger partial charge in [-0.2, -0.15) is 4.98 Å². The minimum atomic E-state index is -0.594. The van der Waals surface area contributed by atoms with E-state index in [2.05, 4.69) is 15.1 Å². The van der Waals surface area contributed by atoms with Crippen LogP contribution in [-0.4, -0.2) is 35.4 Å². The average molecular weight is 276 g/mol. The van der Waals surface area contributed by atoms with Crippen molar-refractivity contribution in [3.8, 4) is 17.3 Å². The second-order valence-electron chi connectivity index (χ2n) is 4.78. The normalized spacial score (nSPS) is 17.9. The third-order valence-corrected chi connectivity index (χ3v) is 3.44. The maximum absolute atomic E-state index is 6.31. The number of nitrogens with two attached hydrogens (primary N) is 1. The second kappa shape index (κ2) is 5.18. The quantitative estimate of drug-likeness (QED) is 0.896. The summed E-state index contributed by atoms with van der Waals surface area (Å²) < 4.78 is 15.6. The highest BCUT2D eigenvalue weighted by molar-refractivity contribution is 5.53. The van der Waals surface area contributed by atoms with Crippen molar-refractivity contribution in [2.75, 3.05) is 20.3 Å². The molecule has 0 atom stereocenters. The van der Waals surface area contributed by atoms with Crippen LogP contribution in [0.4, 0.5) is 0 Å². The lowest BCUT2D eigenvalue weighted by molar-refractivity contribution is 0.0400. The Bertz CT molecular complexity index is 576. The van der Waals surface area contributed by atoms with E-state index < -0.39 is 5.54 Å². The van der Waals surface area contributed by atoms with Crippen molar-refractivity contribution in [1.29, 1.82) is 0 Å². The van der Waals surface area contributed by atoms with Crippen LogP contribution in [0.15, 0.2) is 22.9 Å². The molecule has 1 saturated heterocycles. The Kier molecular flexibility index (Phi) is 3.37. The molecule has 7 nitrogen and oxygen atoms in total. The second-order valence-corrected chi connectivity index (χ2v) is 4.78. The molecule has 20 heavy (non-hydrogen) atoms. The minimum absolute atomic E-state index is 0.451. The van der Waals surface area contributed by atoms with Gasteiger partial charge in [-0.05, 0) is 18.9 Å². The molecule has 1 fully saturated rings. The van der Waals surface area contributed by atoms with Crippen LogP contribution < -0.4 is 10.5 Å². The molecular weight excluding hydrogens is 260 g/mol. The van der Waals surface area contributed by atoms with Crippen molar-refractivity contribution >= 4 is 0 Å². The van der Waals surface area contributed by atoms with Gasteiger partial charge in [0.05, 0.1) is 7.11 Å². The van der Waals surface area contributed by atoms with Gasteiger partial charge in [-0.3, -0.25) is 0 Å². The topological polar surface area (TPSA) is 96.3 Å². The Hall–Kier alpha value is -1.99. The van der Waals surface area contributed by atoms with E-state index in [0.29, 0.717) is 43.7 Å². The third kappa shape index (κ3) is 2.37. The van der Waals surface area contributed by atoms with E-state index in [1.165, 1.54) is 0 Å². The molecule has 0 saturated carbocycles. The first-order valence-corrected chi connectivity index (χ1v) is 6.42. The summed E-state index contributed by atoms with van der Waals surface area (Å²) in [6, 6.07) is 3.58. The van der Waals surface area contributed by atoms with Gasteiger partial charge in [0, 0.05) is 31.0 Å². The zero-order valence-electron chi connectivity index (χ0n) is 11.2. The summed E-state index contributed by atoms with van der Waals surface area (Å²) >= 11 is 0. The summed E-state index contributed by atoms with van der Waals surface area (Å²) in [5, 5.41) is 3.97. The lowest BCUT2D eigenvalue weighted by atomic mass is 9.91. The van der Waals surface area contributed by atoms with Crippen molar-refractivity contribution < 1.29 is 14.0 Å². The van der Waals surface area contributed by atoms with Gasteiger partial charge in [0.1, 0.15) is 5.54 Å². The zero-order chi connectivity index (χ0) is 14.0. The molecule has 3 rings (SSSR count). The monoisotopic (exact) mass is 276 g/mol. The summed E-state index contributed by atoms with van der Waals surface area (Å²) in [5.74, 6) is 1.47. The standard InChI is InChI=1S/C13H16N4O3/c1-18-10-3-2-9(8-15-10)11-16-12(20-17-11)13(14)4-6-19-7-5-13/h2-3,8H,4-7,14H2,1H3. The van der Waals surface area contributed by atoms with Crippen LogP contribution in [0.25, 0.3) is 11.4 Å². The smallest absolute Gasteiger partial charge is 0.247 e. The van der Waals surface area contributed by atoms with E-state index in [4.69, 9.17) is 19.7 Å². The number of ether oxygens (including phenoxy) is 2. The molecule has 2 aromatic rings. The van der Waals surface area contributed by atoms with Gasteiger partial charge in [0.2, 0.25) is 17.6 Å². The lowest BCUT2D eigenvalue weighted by Crippen LogP contribution is -2.42. The van der Waals surface area contributed by atoms with Crippen LogP contribution in [0.5, 0.6) is 5.88 Å². The first-order valence-electron chi connectivity index (χ1n) is 6.42. The summed E-state index contributed by atoms with van der Waals surface area (Å²) in [4.78, 5) is 8.51. The molecule has 0 bridgehead atoms. The van der Waals surface area contributed by atoms with Gasteiger partial charge in [-0.25, -0.2) is 4.98 Å². The molecule has 2 aromatic heterocycles. The Morgan fingerprint density at radius 1 is 1.30 bits per heavy atom. The van der Waals surface area contributed by atoms with Crippen LogP contribution in [0.3, 0.4) is 0 Å². The molecule has 106 valence electrons. The summed E-state index contributed by atoms with van der Waals surface area (Å²) in [7, 11) is 1.57. The first kappa shape index (κ1) is 13.0. The zero-order valence-corrected chi connectivity index (χ0v) is 11.2. The van der Waals surface area contributed by atoms with Crippen LogP contribution in [0.2, 0.25) is 0 Å². The number of rotatable bonds is 3. The third-order valence-electron chi connectivity index (χ3n) is 3.44. The highest BCUT2D eigenvalue weighted by Crippen LogP contribution is 2.29. The number of methoxy groups -OCH3 is 1. The van der Waals surface area contributed by atoms with Gasteiger partial charge < -0.3 is 19.7 Å². The van der Waals surface area contributed by atoms with Crippen LogP contribution in [-0.2, 0) is 10.3 Å². The molecule has 0 amide bonds. The predicted molar refractivity (Wildman–Crippen MR) is 70.0 cm³/mol. The molecule has 1 aliphatic heterocycles. The molecule has 1 aliphatic rings. The van der Waals surface area contributed by atoms with Gasteiger partial charge in [-0.1, -0.05) is 5.16 Å². The number of nitrogens with zero attached hydrogens (tertiary/aromatic N) is 3. The summed E-state index contributed by atoms with van der Waals surface area (Å²) in [5.41, 5.74) is 6.47. The van der Waals surface area contributed by atoms with Crippen LogP contribution in [0, 0.1) is 0 Å². The van der Waals surface area contributed by atoms with E-state index in [9.17, 15) is 0 Å². The molecule has 7 heteroatoms. The van der Waals surface area contributed by atoms with Gasteiger partial charge in [0.15, 0.2) is 0 Å². The Labute approximate surface area is 116 Å². The fraction of sp³-hybridized carbons (Fsp3) is 0.462. The van der Waals surface area contributed by atoms with Crippen molar-refractivity contribution in [3.05, 3.63) is 24.2 Å². The Balaban J connectivity index is 1.85. The number of aromatic nitrogens is 3. The first-order chi connectivity index (χ1) is 9.71. The average Bonchev–Trinajstić information content (AvgIpc) is 2.99. The molecule has 0 unspecified atom stereocenters. The largest absolute Gasteiger partial charge is 0.481 e. The van der Waals surface area contributed by atoms with E-state index in [1.807, 2.05) is 6.07 Å². The van der Waals surface area contributed by atoms with Gasteiger partial charge >= 0.3 is 0 Å². The molecular formula is C13H16N4O3. The van der Waals surface area contributed by atoms with Crippen molar-refractivity contribution in [2.24, 2.45) is 5.73 Å². The molecule has 0 radical (unpaired) electrons. The maximum Gasteiger partial charge on any atom is 0.247 e. The van der Waals surface area contributed by atoms with E-state index in [1.54, 1.807) is 19.4 Å². The predicted octanol–water partition coefficient (Wildman–Crippen LogP) is 1.10.